The van der Waals surface area contributed by atoms with Crippen LogP contribution in [0, 0.1) is 0 Å². The Morgan fingerprint density at radius 3 is 1.37 bits per heavy atom. The molecule has 1 aliphatic heterocycles. The Kier molecular flexibility index (Phi) is 31.9. The first kappa shape index (κ1) is 70.4. The van der Waals surface area contributed by atoms with Crippen LogP contribution >= 0.6 is 11.8 Å². The molecule has 3 amide bonds. The van der Waals surface area contributed by atoms with Crippen molar-refractivity contribution in [3.8, 4) is 0 Å². The summed E-state index contributed by atoms with van der Waals surface area (Å²) in [6.07, 6.45) is -0.561. The molecule has 0 aromatic carbocycles. The Labute approximate surface area is 451 Å². The molecule has 1 fully saturated rings. The number of nitrogens with one attached hydrogen (secondary N) is 1. The van der Waals surface area contributed by atoms with E-state index in [9.17, 15) is 14.4 Å². The molecular formula is C51H106N2O15SSi4. The lowest BCUT2D eigenvalue weighted by atomic mass is 10.2. The number of amides is 3. The summed E-state index contributed by atoms with van der Waals surface area (Å²) < 4.78 is 66.3. The summed E-state index contributed by atoms with van der Waals surface area (Å²) in [6.45, 7) is 50.4. The van der Waals surface area contributed by atoms with Crippen molar-refractivity contribution in [1.82, 2.24) is 10.2 Å². The summed E-state index contributed by atoms with van der Waals surface area (Å²) in [4.78, 5) is 45.4. The van der Waals surface area contributed by atoms with Crippen LogP contribution in [0.5, 0.6) is 0 Å². The van der Waals surface area contributed by atoms with Crippen molar-refractivity contribution >= 4 is 62.8 Å². The molecule has 0 aromatic heterocycles. The standard InChI is InChI=1S/C51H106N2O15SSi4/c1-48(2,3)70(13,14)65-32-27-59-38-42(39-60-28-33-66-71(15,16)49(4,5)6)62-30-25-57-24-22-52-45(54)21-23-53-46(55)37-44(47(53)56)69-36-35-58-26-31-63-43(41-64-68-73(19,20)51(10,11)12)40-61-29-34-67-72(17,18)50(7,8)9/h42-44H,21-41H2,1-20H3,(H,52,54). The highest BCUT2D eigenvalue weighted by atomic mass is 32.2. The van der Waals surface area contributed by atoms with E-state index in [0.29, 0.717) is 98.2 Å². The van der Waals surface area contributed by atoms with E-state index in [1.165, 1.54) is 16.7 Å². The van der Waals surface area contributed by atoms with Crippen LogP contribution < -0.4 is 5.32 Å². The summed E-state index contributed by atoms with van der Waals surface area (Å²) in [7, 11) is -7.72. The van der Waals surface area contributed by atoms with Gasteiger partial charge in [-0.25, -0.2) is 4.89 Å². The largest absolute Gasteiger partial charge is 0.414 e. The molecule has 22 heteroatoms. The number of hydrogen-bond donors (Lipinski definition) is 1. The summed E-state index contributed by atoms with van der Waals surface area (Å²) in [6, 6.07) is 0. The second-order valence-electron chi connectivity index (χ2n) is 24.9. The lowest BCUT2D eigenvalue weighted by molar-refractivity contribution is -0.245. The van der Waals surface area contributed by atoms with Crippen LogP contribution in [-0.4, -0.2) is 198 Å². The smallest absolute Gasteiger partial charge is 0.242 e. The zero-order valence-corrected chi connectivity index (χ0v) is 54.4. The van der Waals surface area contributed by atoms with Crippen LogP contribution in [0.15, 0.2) is 0 Å². The van der Waals surface area contributed by atoms with E-state index < -0.39 is 38.5 Å². The number of hydrogen-bond acceptors (Lipinski definition) is 16. The van der Waals surface area contributed by atoms with Crippen molar-refractivity contribution < 1.29 is 70.3 Å². The lowest BCUT2D eigenvalue weighted by Crippen LogP contribution is -2.42. The Balaban J connectivity index is 2.43. The molecule has 0 radical (unpaired) electrons. The van der Waals surface area contributed by atoms with Crippen LogP contribution in [0.25, 0.3) is 0 Å². The number of thioether (sulfide) groups is 1. The average molecular weight is 1130 g/mol. The van der Waals surface area contributed by atoms with Crippen LogP contribution in [-0.2, 0) is 70.3 Å². The summed E-state index contributed by atoms with van der Waals surface area (Å²) in [5, 5.41) is 2.67. The van der Waals surface area contributed by atoms with Gasteiger partial charge in [-0.2, -0.15) is 0 Å². The van der Waals surface area contributed by atoms with Gasteiger partial charge in [-0.1, -0.05) is 83.1 Å². The predicted octanol–water partition coefficient (Wildman–Crippen LogP) is 9.23. The molecule has 2 unspecified atom stereocenters. The van der Waals surface area contributed by atoms with Gasteiger partial charge in [0.1, 0.15) is 18.8 Å². The Morgan fingerprint density at radius 1 is 0.548 bits per heavy atom. The highest BCUT2D eigenvalue weighted by molar-refractivity contribution is 8.00. The van der Waals surface area contributed by atoms with Gasteiger partial charge in [-0.05, 0) is 72.5 Å². The van der Waals surface area contributed by atoms with Crippen molar-refractivity contribution in [1.29, 1.82) is 0 Å². The van der Waals surface area contributed by atoms with Gasteiger partial charge in [0.05, 0.1) is 104 Å². The minimum Gasteiger partial charge on any atom is -0.414 e. The molecule has 432 valence electrons. The fourth-order valence-corrected chi connectivity index (χ4v) is 10.3. The van der Waals surface area contributed by atoms with Gasteiger partial charge in [-0.3, -0.25) is 23.9 Å². The minimum absolute atomic E-state index is 0.00373. The summed E-state index contributed by atoms with van der Waals surface area (Å²) in [5.41, 5.74) is 0. The highest BCUT2D eigenvalue weighted by Gasteiger charge is 2.41. The van der Waals surface area contributed by atoms with Crippen molar-refractivity contribution in [3.05, 3.63) is 0 Å². The topological polar surface area (TPSA) is 177 Å². The number of likely N-dealkylation sites (tertiary alicyclic amines) is 1. The van der Waals surface area contributed by atoms with Gasteiger partial charge in [0.25, 0.3) is 0 Å². The molecule has 0 aromatic rings. The Bertz CT molecular complexity index is 1530. The second kappa shape index (κ2) is 33.1. The number of nitrogens with zero attached hydrogens (tertiary/aromatic N) is 1. The first-order valence-electron chi connectivity index (χ1n) is 26.6. The van der Waals surface area contributed by atoms with Crippen molar-refractivity contribution in [3.63, 3.8) is 0 Å². The van der Waals surface area contributed by atoms with Crippen molar-refractivity contribution in [2.75, 3.05) is 125 Å². The highest BCUT2D eigenvalue weighted by Crippen LogP contribution is 2.39. The van der Waals surface area contributed by atoms with Gasteiger partial charge < -0.3 is 51.8 Å². The Morgan fingerprint density at radius 2 is 0.945 bits per heavy atom. The molecule has 1 saturated heterocycles. The lowest BCUT2D eigenvalue weighted by Gasteiger charge is -2.36. The first-order valence-corrected chi connectivity index (χ1v) is 39.3. The van der Waals surface area contributed by atoms with Crippen LogP contribution in [0.4, 0.5) is 0 Å². The SMILES string of the molecule is CC(C)(C)[Si](C)(C)OCCOCC(COCCO[Si](C)(C)C(C)(C)C)OCCOCCNC(=O)CCN1C(=O)CC(SCCOCCOC(COCCO[Si](C)(C)C(C)(C)C)COO[Si](C)(C)C(C)(C)C)C1=O. The molecular weight excluding hydrogens is 1020 g/mol. The molecule has 0 bridgehead atoms. The number of carbonyl (C=O) groups excluding carboxylic acids is 3. The maximum Gasteiger partial charge on any atom is 0.242 e. The maximum atomic E-state index is 13.1. The summed E-state index contributed by atoms with van der Waals surface area (Å²) in [5.74, 6) is -0.299. The first-order chi connectivity index (χ1) is 33.5. The predicted molar refractivity (Wildman–Crippen MR) is 302 cm³/mol. The molecule has 1 rings (SSSR count). The van der Waals surface area contributed by atoms with Crippen molar-refractivity contribution in [2.24, 2.45) is 0 Å². The molecule has 1 heterocycles. The average Bonchev–Trinajstić information content (AvgIpc) is 3.52. The molecule has 0 spiro atoms. The molecule has 1 aliphatic rings. The van der Waals surface area contributed by atoms with E-state index in [4.69, 9.17) is 55.9 Å². The van der Waals surface area contributed by atoms with Crippen LogP contribution in [0.3, 0.4) is 0 Å². The third-order valence-corrected chi connectivity index (χ3v) is 33.7. The van der Waals surface area contributed by atoms with E-state index >= 15 is 0 Å². The van der Waals surface area contributed by atoms with Crippen LogP contribution in [0.1, 0.15) is 95.9 Å². The quantitative estimate of drug-likeness (QED) is 0.0202. The molecule has 73 heavy (non-hydrogen) atoms. The summed E-state index contributed by atoms with van der Waals surface area (Å²) >= 11 is 1.38. The zero-order valence-electron chi connectivity index (χ0n) is 49.6. The van der Waals surface area contributed by atoms with Gasteiger partial charge in [0, 0.05) is 31.7 Å². The number of carbonyl (C=O) groups is 3. The monoisotopic (exact) mass is 1130 g/mol. The zero-order chi connectivity index (χ0) is 55.8. The van der Waals surface area contributed by atoms with E-state index in [2.05, 4.69) is 141 Å². The van der Waals surface area contributed by atoms with E-state index in [1.807, 2.05) is 0 Å². The van der Waals surface area contributed by atoms with Gasteiger partial charge in [-0.15, -0.1) is 11.8 Å². The van der Waals surface area contributed by atoms with Crippen molar-refractivity contribution in [2.45, 2.75) is 186 Å². The third-order valence-electron chi connectivity index (χ3n) is 14.8. The van der Waals surface area contributed by atoms with E-state index in [1.54, 1.807) is 0 Å². The third kappa shape index (κ3) is 28.2. The molecule has 2 atom stereocenters. The number of imide groups is 1. The normalized spacial score (nSPS) is 16.3. The fourth-order valence-electron chi connectivity index (χ4n) is 5.62. The van der Waals surface area contributed by atoms with Crippen LogP contribution in [0.2, 0.25) is 72.5 Å². The molecule has 1 N–H and O–H groups in total. The molecule has 0 aliphatic carbocycles. The molecule has 17 nitrogen and oxygen atoms in total. The van der Waals surface area contributed by atoms with E-state index in [0.717, 1.165) is 0 Å². The minimum atomic E-state index is -2.12. The molecule has 0 saturated carbocycles. The van der Waals surface area contributed by atoms with Gasteiger partial charge in [0.2, 0.25) is 26.0 Å². The number of ether oxygens (including phenoxy) is 7. The maximum absolute atomic E-state index is 13.1. The Hall–Kier alpha value is -0.652. The fraction of sp³-hybridized carbons (Fsp3) is 0.941. The van der Waals surface area contributed by atoms with Gasteiger partial charge in [0.15, 0.2) is 25.0 Å². The van der Waals surface area contributed by atoms with E-state index in [-0.39, 0.29) is 89.2 Å². The van der Waals surface area contributed by atoms with Gasteiger partial charge >= 0.3 is 0 Å². The number of rotatable bonds is 40. The second-order valence-corrected chi connectivity index (χ2v) is 45.4.